The van der Waals surface area contributed by atoms with Gasteiger partial charge in [0.1, 0.15) is 11.6 Å². The lowest BCUT2D eigenvalue weighted by atomic mass is 9.99. The molecule has 0 radical (unpaired) electrons. The summed E-state index contributed by atoms with van der Waals surface area (Å²) < 4.78 is 20.2. The maximum Gasteiger partial charge on any atom is 0.127 e. The second-order valence-electron chi connectivity index (χ2n) is 4.97. The highest BCUT2D eigenvalue weighted by molar-refractivity contribution is 9.10. The molecule has 4 heteroatoms. The van der Waals surface area contributed by atoms with Gasteiger partial charge in [-0.3, -0.25) is 0 Å². The Labute approximate surface area is 133 Å². The Morgan fingerprint density at radius 2 is 2.05 bits per heavy atom. The van der Waals surface area contributed by atoms with E-state index in [0.29, 0.717) is 18.6 Å². The van der Waals surface area contributed by atoms with Crippen molar-refractivity contribution in [1.82, 2.24) is 0 Å². The van der Waals surface area contributed by atoms with Crippen LogP contribution in [0.15, 0.2) is 46.9 Å². The Balaban J connectivity index is 2.10. The second-order valence-corrected chi connectivity index (χ2v) is 5.88. The standard InChI is InChI=1S/C17H19BrFNO/c1-2-8-21-15-5-3-4-13(9-15)17(20)10-12-6-7-14(18)11-16(12)19/h3-7,9,11,17H,2,8,10,20H2,1H3. The summed E-state index contributed by atoms with van der Waals surface area (Å²) in [6.07, 6.45) is 1.41. The summed E-state index contributed by atoms with van der Waals surface area (Å²) in [5.74, 6) is 0.569. The van der Waals surface area contributed by atoms with Crippen molar-refractivity contribution in [2.24, 2.45) is 5.73 Å². The molecule has 2 nitrogen and oxygen atoms in total. The number of ether oxygens (including phenoxy) is 1. The van der Waals surface area contributed by atoms with E-state index >= 15 is 0 Å². The van der Waals surface area contributed by atoms with E-state index in [0.717, 1.165) is 22.2 Å². The van der Waals surface area contributed by atoms with Crippen LogP contribution >= 0.6 is 15.9 Å². The quantitative estimate of drug-likeness (QED) is 0.823. The van der Waals surface area contributed by atoms with Crippen LogP contribution in [0.3, 0.4) is 0 Å². The molecule has 0 amide bonds. The first kappa shape index (κ1) is 16.0. The van der Waals surface area contributed by atoms with Crippen molar-refractivity contribution in [1.29, 1.82) is 0 Å². The summed E-state index contributed by atoms with van der Waals surface area (Å²) in [7, 11) is 0. The molecule has 0 saturated carbocycles. The van der Waals surface area contributed by atoms with Crippen molar-refractivity contribution < 1.29 is 9.13 Å². The molecule has 0 aliphatic rings. The SMILES string of the molecule is CCCOc1cccc(C(N)Cc2ccc(Br)cc2F)c1. The highest BCUT2D eigenvalue weighted by Gasteiger charge is 2.11. The van der Waals surface area contributed by atoms with Gasteiger partial charge in [-0.1, -0.05) is 41.1 Å². The molecule has 0 saturated heterocycles. The van der Waals surface area contributed by atoms with E-state index in [1.807, 2.05) is 30.3 Å². The monoisotopic (exact) mass is 351 g/mol. The van der Waals surface area contributed by atoms with Crippen LogP contribution in [0.1, 0.15) is 30.5 Å². The van der Waals surface area contributed by atoms with Crippen molar-refractivity contribution in [3.05, 3.63) is 63.9 Å². The molecule has 112 valence electrons. The fourth-order valence-electron chi connectivity index (χ4n) is 2.10. The predicted octanol–water partition coefficient (Wildman–Crippen LogP) is 4.62. The van der Waals surface area contributed by atoms with Crippen molar-refractivity contribution in [3.63, 3.8) is 0 Å². The fourth-order valence-corrected chi connectivity index (χ4v) is 2.43. The lowest BCUT2D eigenvalue weighted by molar-refractivity contribution is 0.317. The van der Waals surface area contributed by atoms with Gasteiger partial charge in [-0.15, -0.1) is 0 Å². The topological polar surface area (TPSA) is 35.2 Å². The first-order valence-corrected chi connectivity index (χ1v) is 7.81. The van der Waals surface area contributed by atoms with E-state index in [4.69, 9.17) is 10.5 Å². The smallest absolute Gasteiger partial charge is 0.127 e. The molecule has 0 bridgehead atoms. The molecule has 2 rings (SSSR count). The van der Waals surface area contributed by atoms with Gasteiger partial charge in [0.2, 0.25) is 0 Å². The summed E-state index contributed by atoms with van der Waals surface area (Å²) >= 11 is 3.25. The first-order valence-electron chi connectivity index (χ1n) is 7.02. The number of benzene rings is 2. The zero-order valence-electron chi connectivity index (χ0n) is 12.0. The molecule has 21 heavy (non-hydrogen) atoms. The largest absolute Gasteiger partial charge is 0.494 e. The summed E-state index contributed by atoms with van der Waals surface area (Å²) in [5, 5.41) is 0. The van der Waals surface area contributed by atoms with Gasteiger partial charge in [0.25, 0.3) is 0 Å². The third-order valence-electron chi connectivity index (χ3n) is 3.21. The zero-order chi connectivity index (χ0) is 15.2. The molecule has 0 aromatic heterocycles. The highest BCUT2D eigenvalue weighted by Crippen LogP contribution is 2.23. The number of rotatable bonds is 6. The van der Waals surface area contributed by atoms with Crippen LogP contribution in [0.2, 0.25) is 0 Å². The molecule has 2 aromatic rings. The molecular formula is C17H19BrFNO. The third kappa shape index (κ3) is 4.55. The summed E-state index contributed by atoms with van der Waals surface area (Å²) in [4.78, 5) is 0. The van der Waals surface area contributed by atoms with Crippen LogP contribution in [0.4, 0.5) is 4.39 Å². The maximum atomic E-state index is 13.9. The molecule has 1 unspecified atom stereocenters. The van der Waals surface area contributed by atoms with Crippen molar-refractivity contribution in [2.75, 3.05) is 6.61 Å². The van der Waals surface area contributed by atoms with E-state index in [9.17, 15) is 4.39 Å². The van der Waals surface area contributed by atoms with Crippen LogP contribution in [-0.4, -0.2) is 6.61 Å². The molecule has 2 aromatic carbocycles. The number of hydrogen-bond donors (Lipinski definition) is 1. The minimum absolute atomic E-state index is 0.238. The summed E-state index contributed by atoms with van der Waals surface area (Å²) in [6.45, 7) is 2.74. The van der Waals surface area contributed by atoms with Crippen LogP contribution in [-0.2, 0) is 6.42 Å². The minimum atomic E-state index is -0.258. The van der Waals surface area contributed by atoms with Crippen molar-refractivity contribution in [2.45, 2.75) is 25.8 Å². The Morgan fingerprint density at radius 3 is 2.76 bits per heavy atom. The lowest BCUT2D eigenvalue weighted by Crippen LogP contribution is -2.14. The number of nitrogens with two attached hydrogens (primary N) is 1. The molecule has 0 aliphatic carbocycles. The predicted molar refractivity (Wildman–Crippen MR) is 87.0 cm³/mol. The first-order chi connectivity index (χ1) is 10.1. The van der Waals surface area contributed by atoms with Crippen LogP contribution in [0.25, 0.3) is 0 Å². The number of hydrogen-bond acceptors (Lipinski definition) is 2. The Bertz CT molecular complexity index is 603. The van der Waals surface area contributed by atoms with Gasteiger partial charge in [0.05, 0.1) is 6.61 Å². The molecular weight excluding hydrogens is 333 g/mol. The van der Waals surface area contributed by atoms with E-state index in [1.165, 1.54) is 6.07 Å². The average molecular weight is 352 g/mol. The van der Waals surface area contributed by atoms with Gasteiger partial charge < -0.3 is 10.5 Å². The van der Waals surface area contributed by atoms with E-state index in [1.54, 1.807) is 6.07 Å². The highest BCUT2D eigenvalue weighted by atomic mass is 79.9. The second kappa shape index (κ2) is 7.57. The molecule has 1 atom stereocenters. The van der Waals surface area contributed by atoms with E-state index in [2.05, 4.69) is 22.9 Å². The van der Waals surface area contributed by atoms with Gasteiger partial charge in [-0.2, -0.15) is 0 Å². The van der Waals surface area contributed by atoms with Crippen molar-refractivity contribution in [3.8, 4) is 5.75 Å². The Kier molecular flexibility index (Phi) is 5.76. The van der Waals surface area contributed by atoms with Gasteiger partial charge >= 0.3 is 0 Å². The lowest BCUT2D eigenvalue weighted by Gasteiger charge is -2.14. The van der Waals surface area contributed by atoms with Crippen molar-refractivity contribution >= 4 is 15.9 Å². The van der Waals surface area contributed by atoms with Gasteiger partial charge in [0, 0.05) is 10.5 Å². The Hall–Kier alpha value is -1.39. The van der Waals surface area contributed by atoms with E-state index in [-0.39, 0.29) is 11.9 Å². The Morgan fingerprint density at radius 1 is 1.24 bits per heavy atom. The summed E-state index contributed by atoms with van der Waals surface area (Å²) in [5.41, 5.74) is 7.76. The molecule has 2 N–H and O–H groups in total. The normalized spacial score (nSPS) is 12.2. The van der Waals surface area contributed by atoms with Gasteiger partial charge in [0.15, 0.2) is 0 Å². The number of halogens is 2. The molecule has 0 spiro atoms. The average Bonchev–Trinajstić information content (AvgIpc) is 2.48. The molecule has 0 aliphatic heterocycles. The third-order valence-corrected chi connectivity index (χ3v) is 3.71. The van der Waals surface area contributed by atoms with Crippen LogP contribution in [0, 0.1) is 5.82 Å². The van der Waals surface area contributed by atoms with Crippen LogP contribution < -0.4 is 10.5 Å². The molecule has 0 heterocycles. The zero-order valence-corrected chi connectivity index (χ0v) is 13.6. The van der Waals surface area contributed by atoms with Gasteiger partial charge in [-0.05, 0) is 48.2 Å². The fraction of sp³-hybridized carbons (Fsp3) is 0.294. The minimum Gasteiger partial charge on any atom is -0.494 e. The van der Waals surface area contributed by atoms with Crippen LogP contribution in [0.5, 0.6) is 5.75 Å². The maximum absolute atomic E-state index is 13.9. The summed E-state index contributed by atoms with van der Waals surface area (Å²) in [6, 6.07) is 12.5. The molecule has 0 fully saturated rings. The van der Waals surface area contributed by atoms with Gasteiger partial charge in [-0.25, -0.2) is 4.39 Å². The van der Waals surface area contributed by atoms with E-state index < -0.39 is 0 Å².